The van der Waals surface area contributed by atoms with Crippen molar-refractivity contribution in [2.45, 2.75) is 58.9 Å². The largest absolute Gasteiger partial charge is 0.494 e. The van der Waals surface area contributed by atoms with Crippen molar-refractivity contribution >= 4 is 28.4 Å². The molecule has 0 aliphatic carbocycles. The lowest BCUT2D eigenvalue weighted by Crippen LogP contribution is -2.31. The third kappa shape index (κ3) is 6.74. The smallest absolute Gasteiger partial charge is 0.224 e. The Morgan fingerprint density at radius 2 is 1.94 bits per heavy atom. The Morgan fingerprint density at radius 1 is 1.14 bits per heavy atom. The molecule has 1 saturated heterocycles. The van der Waals surface area contributed by atoms with Crippen molar-refractivity contribution in [3.8, 4) is 17.0 Å². The summed E-state index contributed by atoms with van der Waals surface area (Å²) in [6.07, 6.45) is 5.26. The van der Waals surface area contributed by atoms with E-state index in [-0.39, 0.29) is 18.4 Å². The van der Waals surface area contributed by atoms with Gasteiger partial charge in [0.2, 0.25) is 5.91 Å². The van der Waals surface area contributed by atoms with Gasteiger partial charge in [-0.05, 0) is 94.6 Å². The summed E-state index contributed by atoms with van der Waals surface area (Å²) in [5.41, 5.74) is 4.55. The molecular weight excluding hydrogens is 458 g/mol. The number of ether oxygens (including phenoxy) is 1. The van der Waals surface area contributed by atoms with Gasteiger partial charge >= 0.3 is 0 Å². The number of amides is 1. The van der Waals surface area contributed by atoms with E-state index in [0.29, 0.717) is 11.6 Å². The number of benzene rings is 2. The highest BCUT2D eigenvalue weighted by Gasteiger charge is 2.18. The zero-order chi connectivity index (χ0) is 24.8. The first-order valence-corrected chi connectivity index (χ1v) is 13.1. The first-order valence-electron chi connectivity index (χ1n) is 12.7. The van der Waals surface area contributed by atoms with Crippen molar-refractivity contribution in [2.24, 2.45) is 0 Å². The van der Waals surface area contributed by atoms with Crippen molar-refractivity contribution in [3.63, 3.8) is 0 Å². The van der Waals surface area contributed by atoms with Gasteiger partial charge in [-0.2, -0.15) is 0 Å². The van der Waals surface area contributed by atoms with Gasteiger partial charge in [-0.15, -0.1) is 0 Å². The molecule has 0 spiro atoms. The van der Waals surface area contributed by atoms with Gasteiger partial charge in [0.05, 0.1) is 24.2 Å². The number of fused-ring (bicyclic) bond motifs is 1. The summed E-state index contributed by atoms with van der Waals surface area (Å²) in [7, 11) is 0. The number of carbonyl (C=O) groups excluding carboxylic acids is 1. The van der Waals surface area contributed by atoms with E-state index >= 15 is 0 Å². The van der Waals surface area contributed by atoms with E-state index in [2.05, 4.69) is 23.2 Å². The summed E-state index contributed by atoms with van der Waals surface area (Å²) in [5, 5.41) is 4.66. The van der Waals surface area contributed by atoms with Crippen LogP contribution in [-0.4, -0.2) is 48.1 Å². The molecule has 1 N–H and O–H groups in total. The molecule has 1 aliphatic heterocycles. The Hall–Kier alpha value is -2.63. The maximum absolute atomic E-state index is 12.7. The fraction of sp³-hybridized carbons (Fsp3) is 0.448. The van der Waals surface area contributed by atoms with Crippen LogP contribution in [0.15, 0.2) is 42.5 Å². The molecular formula is C29H36ClN3O2. The minimum absolute atomic E-state index is 0.0161. The van der Waals surface area contributed by atoms with Crippen molar-refractivity contribution in [2.75, 3.05) is 26.2 Å². The van der Waals surface area contributed by atoms with Crippen molar-refractivity contribution < 1.29 is 9.53 Å². The molecule has 1 aliphatic rings. The first kappa shape index (κ1) is 25.5. The summed E-state index contributed by atoms with van der Waals surface area (Å²) in [4.78, 5) is 20.3. The summed E-state index contributed by atoms with van der Waals surface area (Å²) in [6.45, 7) is 10.2. The molecule has 0 bridgehead atoms. The molecule has 0 radical (unpaired) electrons. The quantitative estimate of drug-likeness (QED) is 0.361. The Balaban J connectivity index is 1.59. The topological polar surface area (TPSA) is 54.5 Å². The monoisotopic (exact) mass is 493 g/mol. The summed E-state index contributed by atoms with van der Waals surface area (Å²) < 4.78 is 6.11. The minimum Gasteiger partial charge on any atom is -0.494 e. The van der Waals surface area contributed by atoms with E-state index in [1.807, 2.05) is 50.2 Å². The molecule has 2 aromatic carbocycles. The predicted octanol–water partition coefficient (Wildman–Crippen LogP) is 6.19. The van der Waals surface area contributed by atoms with Crippen LogP contribution in [0.2, 0.25) is 5.02 Å². The number of hydrogen-bond acceptors (Lipinski definition) is 4. The zero-order valence-electron chi connectivity index (χ0n) is 21.1. The fourth-order valence-electron chi connectivity index (χ4n) is 4.82. The average Bonchev–Trinajstić information content (AvgIpc) is 2.84. The van der Waals surface area contributed by atoms with E-state index in [1.165, 1.54) is 32.4 Å². The molecule has 5 nitrogen and oxygen atoms in total. The standard InChI is InChI=1S/C29H36ClN3O2/c1-20(2)31-28(34)19-26-21(3)25-18-24(35-16-8-15-33-13-5-4-6-14-33)11-12-27(25)32-29(26)22-9-7-10-23(30)17-22/h7,9-12,17-18,20H,4-6,8,13-16,19H2,1-3H3,(H,31,34). The van der Waals surface area contributed by atoms with Gasteiger partial charge in [0.25, 0.3) is 0 Å². The van der Waals surface area contributed by atoms with Crippen molar-refractivity contribution in [3.05, 3.63) is 58.6 Å². The molecule has 4 rings (SSSR count). The highest BCUT2D eigenvalue weighted by Crippen LogP contribution is 2.33. The molecule has 1 aromatic heterocycles. The van der Waals surface area contributed by atoms with Crippen LogP contribution in [0, 0.1) is 6.92 Å². The van der Waals surface area contributed by atoms with Gasteiger partial charge < -0.3 is 15.0 Å². The number of nitrogens with zero attached hydrogens (tertiary/aromatic N) is 2. The number of piperidine rings is 1. The lowest BCUT2D eigenvalue weighted by Gasteiger charge is -2.26. The van der Waals surface area contributed by atoms with E-state index < -0.39 is 0 Å². The number of rotatable bonds is 9. The summed E-state index contributed by atoms with van der Waals surface area (Å²) in [5.74, 6) is 0.826. The number of aryl methyl sites for hydroxylation is 1. The maximum atomic E-state index is 12.7. The SMILES string of the molecule is Cc1c(CC(=O)NC(C)C)c(-c2cccc(Cl)c2)nc2ccc(OCCCN3CCCCC3)cc12. The number of aromatic nitrogens is 1. The van der Waals surface area contributed by atoms with E-state index in [9.17, 15) is 4.79 Å². The molecule has 1 amide bonds. The lowest BCUT2D eigenvalue weighted by atomic mass is 9.95. The fourth-order valence-corrected chi connectivity index (χ4v) is 5.01. The third-order valence-corrected chi connectivity index (χ3v) is 6.80. The molecule has 0 atom stereocenters. The number of halogens is 1. The predicted molar refractivity (Wildman–Crippen MR) is 144 cm³/mol. The molecule has 1 fully saturated rings. The van der Waals surface area contributed by atoms with Crippen LogP contribution in [0.1, 0.15) is 50.7 Å². The van der Waals surface area contributed by atoms with Gasteiger partial charge in [0, 0.05) is 28.6 Å². The number of carbonyl (C=O) groups is 1. The summed E-state index contributed by atoms with van der Waals surface area (Å²) >= 11 is 6.28. The molecule has 186 valence electrons. The highest BCUT2D eigenvalue weighted by molar-refractivity contribution is 6.30. The number of hydrogen-bond donors (Lipinski definition) is 1. The minimum atomic E-state index is -0.0161. The zero-order valence-corrected chi connectivity index (χ0v) is 21.8. The number of likely N-dealkylation sites (tertiary alicyclic amines) is 1. The Morgan fingerprint density at radius 3 is 2.69 bits per heavy atom. The van der Waals surface area contributed by atoms with Crippen LogP contribution in [-0.2, 0) is 11.2 Å². The molecule has 2 heterocycles. The second-order valence-electron chi connectivity index (χ2n) is 9.76. The first-order chi connectivity index (χ1) is 16.9. The van der Waals surface area contributed by atoms with Crippen LogP contribution in [0.5, 0.6) is 5.75 Å². The maximum Gasteiger partial charge on any atom is 0.224 e. The summed E-state index contributed by atoms with van der Waals surface area (Å²) in [6, 6.07) is 13.8. The average molecular weight is 494 g/mol. The van der Waals surface area contributed by atoms with Gasteiger partial charge in [0.15, 0.2) is 0 Å². The Bertz CT molecular complexity index is 1170. The Kier molecular flexibility index (Phi) is 8.64. The van der Waals surface area contributed by atoms with Crippen LogP contribution in [0.4, 0.5) is 0 Å². The second-order valence-corrected chi connectivity index (χ2v) is 10.2. The van der Waals surface area contributed by atoms with Gasteiger partial charge in [0.1, 0.15) is 5.75 Å². The van der Waals surface area contributed by atoms with E-state index in [1.54, 1.807) is 0 Å². The number of nitrogens with one attached hydrogen (secondary N) is 1. The Labute approximate surface area is 213 Å². The van der Waals surface area contributed by atoms with Crippen LogP contribution in [0.3, 0.4) is 0 Å². The normalized spacial score (nSPS) is 14.4. The molecule has 3 aromatic rings. The van der Waals surface area contributed by atoms with Gasteiger partial charge in [-0.1, -0.05) is 30.2 Å². The number of pyridine rings is 1. The third-order valence-electron chi connectivity index (χ3n) is 6.56. The van der Waals surface area contributed by atoms with Crippen LogP contribution < -0.4 is 10.1 Å². The molecule has 6 heteroatoms. The van der Waals surface area contributed by atoms with Gasteiger partial charge in [-0.3, -0.25) is 4.79 Å². The van der Waals surface area contributed by atoms with Crippen LogP contribution in [0.25, 0.3) is 22.2 Å². The second kappa shape index (κ2) is 11.9. The van der Waals surface area contributed by atoms with E-state index in [4.69, 9.17) is 21.3 Å². The van der Waals surface area contributed by atoms with Gasteiger partial charge in [-0.25, -0.2) is 4.98 Å². The highest BCUT2D eigenvalue weighted by atomic mass is 35.5. The molecule has 35 heavy (non-hydrogen) atoms. The van der Waals surface area contributed by atoms with Crippen molar-refractivity contribution in [1.82, 2.24) is 15.2 Å². The molecule has 0 unspecified atom stereocenters. The molecule has 0 saturated carbocycles. The van der Waals surface area contributed by atoms with Crippen molar-refractivity contribution in [1.29, 1.82) is 0 Å². The van der Waals surface area contributed by atoms with Crippen LogP contribution >= 0.6 is 11.6 Å². The lowest BCUT2D eigenvalue weighted by molar-refractivity contribution is -0.120. The van der Waals surface area contributed by atoms with E-state index in [0.717, 1.165) is 52.0 Å².